The molecule has 0 aromatic rings. The third-order valence-electron chi connectivity index (χ3n) is 2.01. The maximum absolute atomic E-state index is 11.5. The summed E-state index contributed by atoms with van der Waals surface area (Å²) in [6.07, 6.45) is 6.85. The zero-order valence-corrected chi connectivity index (χ0v) is 10.8. The smallest absolute Gasteiger partial charge is 0.257 e. The van der Waals surface area contributed by atoms with Crippen LogP contribution in [0.4, 0.5) is 0 Å². The fourth-order valence-electron chi connectivity index (χ4n) is 0.975. The molecule has 5 heteroatoms. The number of carbonyl (C=O) groups is 1. The highest BCUT2D eigenvalue weighted by atomic mass is 32.2. The Hall–Kier alpha value is -1.10. The highest BCUT2D eigenvalue weighted by molar-refractivity contribution is 7.90. The highest BCUT2D eigenvalue weighted by Gasteiger charge is 2.15. The summed E-state index contributed by atoms with van der Waals surface area (Å²) < 4.78 is 24.9. The van der Waals surface area contributed by atoms with Crippen molar-refractivity contribution >= 4 is 15.9 Å². The molecule has 1 N–H and O–H groups in total. The normalized spacial score (nSPS) is 14.4. The minimum absolute atomic E-state index is 0.0211. The van der Waals surface area contributed by atoms with Crippen molar-refractivity contribution in [1.82, 2.24) is 4.72 Å². The first-order chi connectivity index (χ1) is 7.41. The molecule has 0 bridgehead atoms. The van der Waals surface area contributed by atoms with Gasteiger partial charge in [0.15, 0.2) is 0 Å². The Morgan fingerprint density at radius 2 is 2.00 bits per heavy atom. The molecule has 0 spiro atoms. The maximum Gasteiger partial charge on any atom is 0.257 e. The van der Waals surface area contributed by atoms with Crippen LogP contribution in [0.1, 0.15) is 27.2 Å². The van der Waals surface area contributed by atoms with Crippen molar-refractivity contribution < 1.29 is 13.2 Å². The Kier molecular flexibility index (Phi) is 6.72. The number of hydrogen-bond acceptors (Lipinski definition) is 3. The van der Waals surface area contributed by atoms with Crippen molar-refractivity contribution in [2.75, 3.05) is 5.75 Å². The molecule has 0 fully saturated rings. The molecule has 1 amide bonds. The zero-order valence-electron chi connectivity index (χ0n) is 9.93. The van der Waals surface area contributed by atoms with E-state index in [1.165, 1.54) is 12.2 Å². The highest BCUT2D eigenvalue weighted by Crippen LogP contribution is 2.03. The van der Waals surface area contributed by atoms with Gasteiger partial charge in [0, 0.05) is 6.08 Å². The molecule has 0 aromatic carbocycles. The molecule has 0 aliphatic rings. The third kappa shape index (κ3) is 7.23. The zero-order chi connectivity index (χ0) is 12.6. The predicted octanol–water partition coefficient (Wildman–Crippen LogP) is 1.61. The predicted molar refractivity (Wildman–Crippen MR) is 65.3 cm³/mol. The van der Waals surface area contributed by atoms with E-state index in [1.807, 2.05) is 25.5 Å². The van der Waals surface area contributed by atoms with Crippen LogP contribution >= 0.6 is 0 Å². The van der Waals surface area contributed by atoms with Gasteiger partial charge in [0.1, 0.15) is 0 Å². The summed E-state index contributed by atoms with van der Waals surface area (Å²) in [5.41, 5.74) is 0. The van der Waals surface area contributed by atoms with Gasteiger partial charge in [-0.25, -0.2) is 13.1 Å². The Morgan fingerprint density at radius 3 is 2.50 bits per heavy atom. The van der Waals surface area contributed by atoms with Gasteiger partial charge in [0.05, 0.1) is 5.75 Å². The lowest BCUT2D eigenvalue weighted by atomic mass is 10.2. The number of hydrogen-bond donors (Lipinski definition) is 1. The molecular weight excluding hydrogens is 226 g/mol. The van der Waals surface area contributed by atoms with Crippen LogP contribution in [0.3, 0.4) is 0 Å². The molecule has 0 radical (unpaired) electrons. The fraction of sp³-hybridized carbons (Fsp3) is 0.545. The molecule has 0 unspecified atom stereocenters. The summed E-state index contributed by atoms with van der Waals surface area (Å²) in [7, 11) is -3.50. The molecule has 0 saturated carbocycles. The van der Waals surface area contributed by atoms with E-state index in [0.717, 1.165) is 6.42 Å². The van der Waals surface area contributed by atoms with Gasteiger partial charge in [-0.15, -0.1) is 0 Å². The Morgan fingerprint density at radius 1 is 1.38 bits per heavy atom. The summed E-state index contributed by atoms with van der Waals surface area (Å²) in [6.45, 7) is 5.55. The van der Waals surface area contributed by atoms with E-state index in [1.54, 1.807) is 12.2 Å². The van der Waals surface area contributed by atoms with Crippen LogP contribution in [-0.4, -0.2) is 20.1 Å². The molecule has 0 aromatic heterocycles. The largest absolute Gasteiger partial charge is 0.269 e. The first-order valence-electron chi connectivity index (χ1n) is 5.25. The molecule has 0 saturated heterocycles. The van der Waals surface area contributed by atoms with Crippen molar-refractivity contribution in [2.24, 2.45) is 5.92 Å². The van der Waals surface area contributed by atoms with E-state index in [0.29, 0.717) is 0 Å². The number of carbonyl (C=O) groups excluding carboxylic acids is 1. The summed E-state index contributed by atoms with van der Waals surface area (Å²) in [5.74, 6) is -0.585. The first-order valence-corrected chi connectivity index (χ1v) is 6.90. The van der Waals surface area contributed by atoms with Gasteiger partial charge in [0.25, 0.3) is 5.91 Å². The van der Waals surface area contributed by atoms with Crippen LogP contribution in [-0.2, 0) is 14.8 Å². The summed E-state index contributed by atoms with van der Waals surface area (Å²) in [4.78, 5) is 11.2. The second-order valence-corrected chi connectivity index (χ2v) is 5.41. The first kappa shape index (κ1) is 14.9. The monoisotopic (exact) mass is 245 g/mol. The number of nitrogens with one attached hydrogen (secondary N) is 1. The molecule has 0 aliphatic heterocycles. The van der Waals surface area contributed by atoms with E-state index >= 15 is 0 Å². The summed E-state index contributed by atoms with van der Waals surface area (Å²) in [5, 5.41) is 0. The van der Waals surface area contributed by atoms with Crippen LogP contribution < -0.4 is 4.72 Å². The summed E-state index contributed by atoms with van der Waals surface area (Å²) >= 11 is 0. The van der Waals surface area contributed by atoms with Gasteiger partial charge < -0.3 is 0 Å². The van der Waals surface area contributed by atoms with Crippen molar-refractivity contribution in [3.8, 4) is 0 Å². The van der Waals surface area contributed by atoms with Gasteiger partial charge in [-0.05, 0) is 12.8 Å². The molecule has 92 valence electrons. The summed E-state index contributed by atoms with van der Waals surface area (Å²) in [6, 6.07) is 0. The Balaban J connectivity index is 4.32. The molecular formula is C11H19NO3S. The number of sulfonamides is 1. The quantitative estimate of drug-likeness (QED) is 0.571. The van der Waals surface area contributed by atoms with Crippen molar-refractivity contribution in [3.05, 3.63) is 24.3 Å². The Labute approximate surface area is 97.5 Å². The number of amides is 1. The fourth-order valence-corrected chi connectivity index (χ4v) is 2.42. The second kappa shape index (κ2) is 7.22. The Bertz CT molecular complexity index is 369. The minimum atomic E-state index is -3.50. The van der Waals surface area contributed by atoms with Crippen molar-refractivity contribution in [1.29, 1.82) is 0 Å². The molecule has 0 heterocycles. The molecule has 1 atom stereocenters. The van der Waals surface area contributed by atoms with Crippen molar-refractivity contribution in [2.45, 2.75) is 27.2 Å². The molecule has 0 aliphatic carbocycles. The van der Waals surface area contributed by atoms with E-state index < -0.39 is 15.9 Å². The minimum Gasteiger partial charge on any atom is -0.269 e. The van der Waals surface area contributed by atoms with Gasteiger partial charge in [-0.2, -0.15) is 0 Å². The molecule has 0 rings (SSSR count). The van der Waals surface area contributed by atoms with Gasteiger partial charge >= 0.3 is 0 Å². The average molecular weight is 245 g/mol. The van der Waals surface area contributed by atoms with E-state index in [9.17, 15) is 13.2 Å². The lowest BCUT2D eigenvalue weighted by molar-refractivity contribution is -0.114. The SMILES string of the molecule is C/C=C/C=C/C(=O)NS(=O)(=O)C[C@H](C)CC. The number of allylic oxidation sites excluding steroid dienone is 3. The van der Waals surface area contributed by atoms with Crippen LogP contribution in [0, 0.1) is 5.92 Å². The van der Waals surface area contributed by atoms with Crippen LogP contribution in [0.2, 0.25) is 0 Å². The van der Waals surface area contributed by atoms with Gasteiger partial charge in [0.2, 0.25) is 10.0 Å². The number of rotatable bonds is 6. The van der Waals surface area contributed by atoms with Crippen LogP contribution in [0.5, 0.6) is 0 Å². The topological polar surface area (TPSA) is 63.2 Å². The van der Waals surface area contributed by atoms with E-state index in [2.05, 4.69) is 0 Å². The average Bonchev–Trinajstić information content (AvgIpc) is 2.16. The molecule has 16 heavy (non-hydrogen) atoms. The lowest BCUT2D eigenvalue weighted by Gasteiger charge is -2.09. The van der Waals surface area contributed by atoms with Gasteiger partial charge in [-0.1, -0.05) is 38.5 Å². The standard InChI is InChI=1S/C11H19NO3S/c1-4-6-7-8-11(13)12-16(14,15)9-10(3)5-2/h4,6-8,10H,5,9H2,1-3H3,(H,12,13)/b6-4+,8-7+/t10-/m1/s1. The maximum atomic E-state index is 11.5. The van der Waals surface area contributed by atoms with Crippen LogP contribution in [0.25, 0.3) is 0 Å². The van der Waals surface area contributed by atoms with Gasteiger partial charge in [-0.3, -0.25) is 4.79 Å². The van der Waals surface area contributed by atoms with Crippen molar-refractivity contribution in [3.63, 3.8) is 0 Å². The third-order valence-corrected chi connectivity index (χ3v) is 3.53. The second-order valence-electron chi connectivity index (χ2n) is 3.65. The van der Waals surface area contributed by atoms with Crippen LogP contribution in [0.15, 0.2) is 24.3 Å². The van der Waals surface area contributed by atoms with E-state index in [4.69, 9.17) is 0 Å². The van der Waals surface area contributed by atoms with E-state index in [-0.39, 0.29) is 11.7 Å². The lowest BCUT2D eigenvalue weighted by Crippen LogP contribution is -2.33. The molecule has 4 nitrogen and oxygen atoms in total.